The van der Waals surface area contributed by atoms with Crippen molar-refractivity contribution in [1.82, 2.24) is 14.8 Å². The van der Waals surface area contributed by atoms with Gasteiger partial charge in [-0.3, -0.25) is 14.4 Å². The number of fused-ring (bicyclic) bond motifs is 1. The highest BCUT2D eigenvalue weighted by molar-refractivity contribution is 5.98. The number of benzene rings is 1. The number of nitrogens with zero attached hydrogens (tertiary/aromatic N) is 3. The number of likely N-dealkylation sites (N-methyl/N-ethyl adjacent to an activating group) is 1. The number of furan rings is 1. The molecule has 2 aromatic heterocycles. The van der Waals surface area contributed by atoms with Crippen LogP contribution < -0.4 is 33.0 Å². The lowest BCUT2D eigenvalue weighted by Gasteiger charge is -2.36. The maximum atomic E-state index is 15.3. The third kappa shape index (κ3) is 6.02. The maximum Gasteiger partial charge on any atom is 0.289 e. The van der Waals surface area contributed by atoms with Crippen molar-refractivity contribution in [3.63, 3.8) is 0 Å². The molecular formula is C27H35ClFN5O4. The number of hydrogen-bond acceptors (Lipinski definition) is 5. The van der Waals surface area contributed by atoms with Crippen molar-refractivity contribution >= 4 is 28.4 Å². The fourth-order valence-corrected chi connectivity index (χ4v) is 4.82. The van der Waals surface area contributed by atoms with Crippen molar-refractivity contribution in [2.24, 2.45) is 0 Å². The number of hydrogen-bond donors (Lipinski definition) is 2. The number of quaternary nitrogens is 1. The number of carbonyl (C=O) groups excluding carboxylic acids is 2. The maximum absolute atomic E-state index is 15.3. The predicted molar refractivity (Wildman–Crippen MR) is 140 cm³/mol. The Morgan fingerprint density at radius 1 is 1.11 bits per heavy atom. The van der Waals surface area contributed by atoms with E-state index in [9.17, 15) is 14.4 Å². The van der Waals surface area contributed by atoms with Crippen molar-refractivity contribution in [2.45, 2.75) is 27.3 Å². The van der Waals surface area contributed by atoms with Crippen LogP contribution in [0, 0.1) is 5.82 Å². The molecule has 9 nitrogen and oxygen atoms in total. The van der Waals surface area contributed by atoms with E-state index in [1.54, 1.807) is 33.9 Å². The normalized spacial score (nSPS) is 13.6. The van der Waals surface area contributed by atoms with Gasteiger partial charge in [0, 0.05) is 44.3 Å². The molecule has 0 spiro atoms. The van der Waals surface area contributed by atoms with Crippen LogP contribution in [0.1, 0.15) is 41.7 Å². The summed E-state index contributed by atoms with van der Waals surface area (Å²) in [4.78, 5) is 43.5. The van der Waals surface area contributed by atoms with Crippen LogP contribution in [0.4, 0.5) is 10.1 Å². The SMILES string of the molecule is CCn1cc(C(=O)NCC[NH+](CC)CC)c(=O)c2cc(F)c(N3CCN(C(=O)c4ccco4)CC3)cc21.[Cl-]. The predicted octanol–water partition coefficient (Wildman–Crippen LogP) is -1.63. The molecule has 3 aromatic rings. The molecule has 0 aliphatic carbocycles. The van der Waals surface area contributed by atoms with Gasteiger partial charge in [0.25, 0.3) is 11.8 Å². The zero-order chi connectivity index (χ0) is 26.5. The smallest absolute Gasteiger partial charge is 0.289 e. The van der Waals surface area contributed by atoms with Crippen LogP contribution in [-0.2, 0) is 6.54 Å². The molecule has 0 radical (unpaired) electrons. The van der Waals surface area contributed by atoms with Crippen LogP contribution in [-0.4, -0.2) is 73.6 Å². The van der Waals surface area contributed by atoms with E-state index >= 15 is 4.39 Å². The molecule has 0 bridgehead atoms. The summed E-state index contributed by atoms with van der Waals surface area (Å²) in [5, 5.41) is 3.02. The molecule has 0 saturated carbocycles. The molecule has 0 unspecified atom stereocenters. The summed E-state index contributed by atoms with van der Waals surface area (Å²) in [5.74, 6) is -0.873. The summed E-state index contributed by atoms with van der Waals surface area (Å²) in [5.41, 5.74) is 0.480. The molecule has 1 fully saturated rings. The van der Waals surface area contributed by atoms with Gasteiger partial charge in [-0.15, -0.1) is 0 Å². The molecule has 0 atom stereocenters. The Kier molecular flexibility index (Phi) is 9.93. The number of aromatic nitrogens is 1. The van der Waals surface area contributed by atoms with E-state index in [-0.39, 0.29) is 35.0 Å². The molecular weight excluding hydrogens is 513 g/mol. The number of pyridine rings is 1. The van der Waals surface area contributed by atoms with Gasteiger partial charge in [-0.2, -0.15) is 0 Å². The van der Waals surface area contributed by atoms with Crippen LogP contribution in [0.2, 0.25) is 0 Å². The number of nitrogens with one attached hydrogen (secondary N) is 2. The summed E-state index contributed by atoms with van der Waals surface area (Å²) < 4.78 is 22.3. The van der Waals surface area contributed by atoms with E-state index in [1.807, 2.05) is 11.8 Å². The Labute approximate surface area is 227 Å². The number of anilines is 1. The van der Waals surface area contributed by atoms with E-state index in [0.29, 0.717) is 50.5 Å². The largest absolute Gasteiger partial charge is 1.00 e. The van der Waals surface area contributed by atoms with Gasteiger partial charge < -0.3 is 41.4 Å². The molecule has 1 aliphatic heterocycles. The van der Waals surface area contributed by atoms with E-state index < -0.39 is 17.2 Å². The fraction of sp³-hybridized carbons (Fsp3) is 0.444. The third-order valence-corrected chi connectivity index (χ3v) is 7.14. The van der Waals surface area contributed by atoms with Crippen LogP contribution >= 0.6 is 0 Å². The van der Waals surface area contributed by atoms with Gasteiger partial charge in [-0.25, -0.2) is 4.39 Å². The average Bonchev–Trinajstić information content (AvgIpc) is 3.46. The zero-order valence-electron chi connectivity index (χ0n) is 22.1. The highest BCUT2D eigenvalue weighted by atomic mass is 35.5. The molecule has 1 aliphatic rings. The topological polar surface area (TPSA) is 92.2 Å². The van der Waals surface area contributed by atoms with Crippen molar-refractivity contribution in [3.05, 3.63) is 64.1 Å². The zero-order valence-corrected chi connectivity index (χ0v) is 22.8. The van der Waals surface area contributed by atoms with Crippen molar-refractivity contribution in [1.29, 1.82) is 0 Å². The highest BCUT2D eigenvalue weighted by Crippen LogP contribution is 2.26. The number of rotatable bonds is 9. The first-order valence-electron chi connectivity index (χ1n) is 12.9. The Morgan fingerprint density at radius 3 is 2.42 bits per heavy atom. The third-order valence-electron chi connectivity index (χ3n) is 7.14. The Morgan fingerprint density at radius 2 is 1.82 bits per heavy atom. The van der Waals surface area contributed by atoms with Crippen molar-refractivity contribution in [3.8, 4) is 0 Å². The monoisotopic (exact) mass is 547 g/mol. The van der Waals surface area contributed by atoms with E-state index in [0.717, 1.165) is 19.6 Å². The van der Waals surface area contributed by atoms with Crippen LogP contribution in [0.15, 0.2) is 45.9 Å². The summed E-state index contributed by atoms with van der Waals surface area (Å²) in [6.45, 7) is 11.5. The number of piperazine rings is 1. The molecule has 3 heterocycles. The summed E-state index contributed by atoms with van der Waals surface area (Å²) >= 11 is 0. The molecule has 2 N–H and O–H groups in total. The second-order valence-corrected chi connectivity index (χ2v) is 9.20. The summed E-state index contributed by atoms with van der Waals surface area (Å²) in [6, 6.07) is 6.20. The van der Waals surface area contributed by atoms with Gasteiger partial charge in [-0.05, 0) is 45.0 Å². The molecule has 1 aromatic carbocycles. The molecule has 1 saturated heterocycles. The van der Waals surface area contributed by atoms with Gasteiger partial charge in [0.2, 0.25) is 5.43 Å². The standard InChI is InChI=1S/C27H34FN5O4.ClH/c1-4-30(5-2)10-9-29-26(35)20-18-31(6-3)22-17-23(21(28)16-19(22)25(20)34)32-11-13-33(14-12-32)27(36)24-8-7-15-37-24;/h7-8,15-18H,4-6,9-14H2,1-3H3,(H,29,35);1H. The first-order valence-corrected chi connectivity index (χ1v) is 12.9. The molecule has 11 heteroatoms. The van der Waals surface area contributed by atoms with Crippen LogP contribution in [0.25, 0.3) is 10.9 Å². The quantitative estimate of drug-likeness (QED) is 0.336. The van der Waals surface area contributed by atoms with Crippen molar-refractivity contribution in [2.75, 3.05) is 57.3 Å². The first-order chi connectivity index (χ1) is 17.9. The lowest BCUT2D eigenvalue weighted by Crippen LogP contribution is -3.12. The van der Waals surface area contributed by atoms with E-state index in [4.69, 9.17) is 4.42 Å². The number of halogens is 2. The molecule has 2 amide bonds. The Balaban J connectivity index is 0.00000400. The summed E-state index contributed by atoms with van der Waals surface area (Å²) in [7, 11) is 0. The Bertz CT molecular complexity index is 1320. The van der Waals surface area contributed by atoms with Gasteiger partial charge >= 0.3 is 0 Å². The van der Waals surface area contributed by atoms with Gasteiger partial charge in [0.1, 0.15) is 11.4 Å². The Hall–Kier alpha value is -3.37. The van der Waals surface area contributed by atoms with Crippen LogP contribution in [0.3, 0.4) is 0 Å². The number of aryl methyl sites for hydroxylation is 1. The second-order valence-electron chi connectivity index (χ2n) is 9.20. The van der Waals surface area contributed by atoms with E-state index in [2.05, 4.69) is 19.2 Å². The molecule has 206 valence electrons. The summed E-state index contributed by atoms with van der Waals surface area (Å²) in [6.07, 6.45) is 3.02. The first kappa shape index (κ1) is 29.2. The minimum absolute atomic E-state index is 0. The number of carbonyl (C=O) groups is 2. The molecule has 38 heavy (non-hydrogen) atoms. The fourth-order valence-electron chi connectivity index (χ4n) is 4.82. The van der Waals surface area contributed by atoms with Crippen LogP contribution in [0.5, 0.6) is 0 Å². The van der Waals surface area contributed by atoms with Gasteiger partial charge in [-0.1, -0.05) is 0 Å². The highest BCUT2D eigenvalue weighted by Gasteiger charge is 2.26. The van der Waals surface area contributed by atoms with Gasteiger partial charge in [0.15, 0.2) is 5.76 Å². The minimum atomic E-state index is -0.527. The minimum Gasteiger partial charge on any atom is -1.00 e. The lowest BCUT2D eigenvalue weighted by molar-refractivity contribution is -0.895. The van der Waals surface area contributed by atoms with E-state index in [1.165, 1.54) is 17.2 Å². The van der Waals surface area contributed by atoms with Gasteiger partial charge in [0.05, 0.1) is 43.6 Å². The number of amides is 2. The second kappa shape index (κ2) is 12.9. The van der Waals surface area contributed by atoms with Crippen molar-refractivity contribution < 1.29 is 35.7 Å². The lowest BCUT2D eigenvalue weighted by atomic mass is 10.1. The molecule has 4 rings (SSSR count). The average molecular weight is 548 g/mol.